The van der Waals surface area contributed by atoms with Gasteiger partial charge in [0, 0.05) is 17.5 Å². The van der Waals surface area contributed by atoms with E-state index >= 15 is 8.78 Å². The Balaban J connectivity index is 1.48. The number of carbonyl (C=O) groups is 1. The van der Waals surface area contributed by atoms with Crippen molar-refractivity contribution in [2.24, 2.45) is 16.3 Å². The van der Waals surface area contributed by atoms with E-state index in [2.05, 4.69) is 10.3 Å². The Morgan fingerprint density at radius 1 is 1.14 bits per heavy atom. The summed E-state index contributed by atoms with van der Waals surface area (Å²) in [6.07, 6.45) is 0.602. The Bertz CT molecular complexity index is 1760. The number of rotatable bonds is 9. The molecule has 3 unspecified atom stereocenters. The summed E-state index contributed by atoms with van der Waals surface area (Å²) in [4.78, 5) is 29.9. The van der Waals surface area contributed by atoms with Crippen LogP contribution in [0.15, 0.2) is 76.4 Å². The molecule has 0 radical (unpaired) electrons. The van der Waals surface area contributed by atoms with Crippen LogP contribution in [0.4, 0.5) is 27.6 Å². The van der Waals surface area contributed by atoms with Gasteiger partial charge in [0.1, 0.15) is 22.0 Å². The summed E-state index contributed by atoms with van der Waals surface area (Å²) in [5.74, 6) is -3.47. The first-order valence-corrected chi connectivity index (χ1v) is 14.4. The van der Waals surface area contributed by atoms with E-state index in [9.17, 15) is 22.8 Å². The quantitative estimate of drug-likeness (QED) is 0.191. The zero-order chi connectivity index (χ0) is 31.9. The van der Waals surface area contributed by atoms with Crippen LogP contribution in [0.2, 0.25) is 5.02 Å². The highest BCUT2D eigenvalue weighted by atomic mass is 35.5. The topological polar surface area (TPSA) is 63.5 Å². The van der Waals surface area contributed by atoms with Gasteiger partial charge in [-0.15, -0.1) is 0 Å². The van der Waals surface area contributed by atoms with E-state index in [4.69, 9.17) is 11.6 Å². The first kappa shape index (κ1) is 31.4. The molecule has 1 heterocycles. The first-order valence-electron chi connectivity index (χ1n) is 14.0. The normalized spacial score (nSPS) is 21.2. The Morgan fingerprint density at radius 3 is 2.43 bits per heavy atom. The number of amides is 1. The largest absolute Gasteiger partial charge is 0.323 e. The van der Waals surface area contributed by atoms with Crippen molar-refractivity contribution in [2.45, 2.75) is 51.9 Å². The maximum absolute atomic E-state index is 15.9. The minimum atomic E-state index is -2.90. The predicted molar refractivity (Wildman–Crippen MR) is 161 cm³/mol. The van der Waals surface area contributed by atoms with E-state index in [1.165, 1.54) is 42.6 Å². The third-order valence-corrected chi connectivity index (χ3v) is 8.76. The summed E-state index contributed by atoms with van der Waals surface area (Å²) >= 11 is 6.53. The van der Waals surface area contributed by atoms with Crippen LogP contribution in [-0.2, 0) is 4.79 Å². The molecule has 0 aliphatic heterocycles. The highest BCUT2D eigenvalue weighted by molar-refractivity contribution is 6.31. The fourth-order valence-corrected chi connectivity index (χ4v) is 5.88. The molecule has 3 aromatic rings. The summed E-state index contributed by atoms with van der Waals surface area (Å²) in [6.45, 7) is 5.21. The maximum Gasteiger partial charge on any atom is 0.273 e. The third-order valence-electron chi connectivity index (χ3n) is 8.38. The Kier molecular flexibility index (Phi) is 8.66. The zero-order valence-corrected chi connectivity index (χ0v) is 24.8. The lowest BCUT2D eigenvalue weighted by Crippen LogP contribution is -2.30. The van der Waals surface area contributed by atoms with Crippen molar-refractivity contribution in [1.82, 2.24) is 4.57 Å². The SMILES string of the molecule is C/C=C/N=C(/C(F)=C/n1c(C)cc(C2C(C)C2c2ccc(F)cc2)c(Cl)c1=O)c1cccc(NC(=O)C2(C(F)F)CC2)c1F. The van der Waals surface area contributed by atoms with Crippen molar-refractivity contribution in [3.8, 4) is 0 Å². The van der Waals surface area contributed by atoms with Crippen LogP contribution in [0.5, 0.6) is 0 Å². The second-order valence-corrected chi connectivity index (χ2v) is 11.6. The molecular formula is C33H29ClF5N3O2. The molecule has 44 heavy (non-hydrogen) atoms. The molecule has 1 aromatic heterocycles. The van der Waals surface area contributed by atoms with Crippen molar-refractivity contribution < 1.29 is 26.7 Å². The summed E-state index contributed by atoms with van der Waals surface area (Å²) < 4.78 is 72.7. The van der Waals surface area contributed by atoms with Crippen LogP contribution < -0.4 is 10.9 Å². The number of allylic oxidation sites excluding steroid dienone is 2. The number of aryl methyl sites for hydroxylation is 1. The van der Waals surface area contributed by atoms with Gasteiger partial charge < -0.3 is 5.32 Å². The molecule has 0 bridgehead atoms. The summed E-state index contributed by atoms with van der Waals surface area (Å²) in [5.41, 5.74) is -1.95. The Morgan fingerprint density at radius 2 is 1.82 bits per heavy atom. The first-order chi connectivity index (χ1) is 20.9. The summed E-state index contributed by atoms with van der Waals surface area (Å²) in [7, 11) is 0. The Labute approximate surface area is 255 Å². The van der Waals surface area contributed by atoms with Gasteiger partial charge >= 0.3 is 0 Å². The van der Waals surface area contributed by atoms with E-state index in [-0.39, 0.29) is 47.0 Å². The number of hydrogen-bond acceptors (Lipinski definition) is 3. The number of halogens is 6. The lowest BCUT2D eigenvalue weighted by atomic mass is 10.0. The molecule has 0 spiro atoms. The smallest absolute Gasteiger partial charge is 0.273 e. The number of nitrogens with zero attached hydrogens (tertiary/aromatic N) is 2. The van der Waals surface area contributed by atoms with Crippen molar-refractivity contribution in [3.63, 3.8) is 0 Å². The Hall–Kier alpha value is -4.05. The van der Waals surface area contributed by atoms with Crippen LogP contribution in [0.1, 0.15) is 60.9 Å². The summed E-state index contributed by atoms with van der Waals surface area (Å²) in [6, 6.07) is 11.6. The third kappa shape index (κ3) is 5.75. The minimum Gasteiger partial charge on any atom is -0.323 e. The molecule has 3 atom stereocenters. The lowest BCUT2D eigenvalue weighted by molar-refractivity contribution is -0.126. The fourth-order valence-electron chi connectivity index (χ4n) is 5.61. The second kappa shape index (κ2) is 12.1. The van der Waals surface area contributed by atoms with Gasteiger partial charge in [0.15, 0.2) is 11.6 Å². The van der Waals surface area contributed by atoms with Gasteiger partial charge in [-0.25, -0.2) is 22.0 Å². The van der Waals surface area contributed by atoms with Gasteiger partial charge in [0.25, 0.3) is 12.0 Å². The highest BCUT2D eigenvalue weighted by Crippen LogP contribution is 2.61. The molecule has 2 saturated carbocycles. The van der Waals surface area contributed by atoms with E-state index in [0.29, 0.717) is 11.3 Å². The van der Waals surface area contributed by atoms with E-state index < -0.39 is 46.4 Å². The van der Waals surface area contributed by atoms with Crippen molar-refractivity contribution in [1.29, 1.82) is 0 Å². The molecule has 1 amide bonds. The van der Waals surface area contributed by atoms with Gasteiger partial charge in [-0.05, 0) is 85.9 Å². The van der Waals surface area contributed by atoms with Gasteiger partial charge in [0.05, 0.1) is 11.9 Å². The zero-order valence-electron chi connectivity index (χ0n) is 24.1. The second-order valence-electron chi connectivity index (χ2n) is 11.2. The lowest BCUT2D eigenvalue weighted by Gasteiger charge is -2.16. The highest BCUT2D eigenvalue weighted by Gasteiger charge is 2.57. The van der Waals surface area contributed by atoms with Crippen LogP contribution in [0, 0.1) is 29.9 Å². The van der Waals surface area contributed by atoms with Crippen LogP contribution >= 0.6 is 11.6 Å². The number of nitrogens with one attached hydrogen (secondary N) is 1. The number of carbonyl (C=O) groups excluding carboxylic acids is 1. The molecule has 2 fully saturated rings. The van der Waals surface area contributed by atoms with Crippen LogP contribution in [-0.4, -0.2) is 22.6 Å². The monoisotopic (exact) mass is 629 g/mol. The average molecular weight is 630 g/mol. The van der Waals surface area contributed by atoms with Crippen molar-refractivity contribution >= 4 is 35.1 Å². The van der Waals surface area contributed by atoms with E-state index in [1.807, 2.05) is 6.92 Å². The molecule has 1 N–H and O–H groups in total. The van der Waals surface area contributed by atoms with Crippen LogP contribution in [0.3, 0.4) is 0 Å². The molecule has 0 saturated heterocycles. The fraction of sp³-hybridized carbons (Fsp3) is 0.303. The molecule has 2 aliphatic carbocycles. The number of anilines is 1. The number of hydrogen-bond donors (Lipinski definition) is 1. The minimum absolute atomic E-state index is 0.0226. The standard InChI is InChI=1S/C33H29ClF5N3O2/c1-4-14-40-29(21-6-5-7-24(28(21)37)41-32(44)33(12-13-33)31(38)39)23(36)16-42-17(2)15-22(27(34)30(42)43)26-18(3)25(26)19-8-10-20(35)11-9-19/h4-11,14-16,18,25-26,31H,12-13H2,1-3H3,(H,41,44)/b14-4+,23-16-,40-29+. The molecule has 11 heteroatoms. The van der Waals surface area contributed by atoms with Gasteiger partial charge in [-0.1, -0.05) is 42.8 Å². The van der Waals surface area contributed by atoms with Crippen molar-refractivity contribution in [3.05, 3.63) is 116 Å². The van der Waals surface area contributed by atoms with Gasteiger partial charge in [0.2, 0.25) is 5.91 Å². The van der Waals surface area contributed by atoms with Crippen molar-refractivity contribution in [2.75, 3.05) is 5.32 Å². The molecule has 230 valence electrons. The molecule has 5 nitrogen and oxygen atoms in total. The average Bonchev–Trinajstić information content (AvgIpc) is 3.91. The molecule has 5 rings (SSSR count). The summed E-state index contributed by atoms with van der Waals surface area (Å²) in [5, 5.41) is 2.10. The number of alkyl halides is 2. The number of benzene rings is 2. The van der Waals surface area contributed by atoms with Gasteiger partial charge in [-0.3, -0.25) is 19.1 Å². The maximum atomic E-state index is 15.9. The molecule has 2 aromatic carbocycles. The number of pyridine rings is 1. The van der Waals surface area contributed by atoms with E-state index in [1.54, 1.807) is 32.0 Å². The molecular weight excluding hydrogens is 601 g/mol. The molecule has 2 aliphatic rings. The van der Waals surface area contributed by atoms with E-state index in [0.717, 1.165) is 16.3 Å². The van der Waals surface area contributed by atoms with Gasteiger partial charge in [-0.2, -0.15) is 0 Å². The van der Waals surface area contributed by atoms with Crippen LogP contribution in [0.25, 0.3) is 6.20 Å². The predicted octanol–water partition coefficient (Wildman–Crippen LogP) is 8.38. The number of aliphatic imine (C=N–C) groups is 1. The number of aromatic nitrogens is 1.